The van der Waals surface area contributed by atoms with E-state index >= 15 is 0 Å². The third-order valence-corrected chi connectivity index (χ3v) is 4.12. The summed E-state index contributed by atoms with van der Waals surface area (Å²) in [4.78, 5) is 11.9. The zero-order valence-electron chi connectivity index (χ0n) is 16.4. The first-order valence-corrected chi connectivity index (χ1v) is 9.89. The van der Waals surface area contributed by atoms with Crippen molar-refractivity contribution in [2.24, 2.45) is 0 Å². The Labute approximate surface area is 149 Å². The summed E-state index contributed by atoms with van der Waals surface area (Å²) in [6, 6.07) is 0. The minimum Gasteiger partial charge on any atom is -0.460 e. The fraction of sp³-hybridized carbons (Fsp3) is 0.950. The van der Waals surface area contributed by atoms with Crippen molar-refractivity contribution in [3.05, 3.63) is 0 Å². The Kier molecular flexibility index (Phi) is 14.3. The first kappa shape index (κ1) is 23.4. The number of carbonyl (C=O) groups excluding carboxylic acids is 1. The van der Waals surface area contributed by atoms with Gasteiger partial charge in [0.25, 0.3) is 0 Å². The third kappa shape index (κ3) is 14.9. The van der Waals surface area contributed by atoms with Crippen LogP contribution in [-0.2, 0) is 14.3 Å². The SMILES string of the molecule is CCCCCCCCCCCC(=O)OC(C)(C)CC(O)COCC. The van der Waals surface area contributed by atoms with Gasteiger partial charge in [-0.3, -0.25) is 4.79 Å². The van der Waals surface area contributed by atoms with Crippen LogP contribution in [0.25, 0.3) is 0 Å². The Bertz CT molecular complexity index is 302. The maximum absolute atomic E-state index is 11.9. The van der Waals surface area contributed by atoms with Gasteiger partial charge in [0, 0.05) is 19.4 Å². The average molecular weight is 345 g/mol. The molecule has 0 heterocycles. The molecule has 0 aromatic rings. The summed E-state index contributed by atoms with van der Waals surface area (Å²) in [6.45, 7) is 8.68. The van der Waals surface area contributed by atoms with Crippen molar-refractivity contribution in [3.8, 4) is 0 Å². The quantitative estimate of drug-likeness (QED) is 0.316. The number of aliphatic hydroxyl groups excluding tert-OH is 1. The monoisotopic (exact) mass is 344 g/mol. The molecule has 4 heteroatoms. The van der Waals surface area contributed by atoms with Gasteiger partial charge in [-0.15, -0.1) is 0 Å². The highest BCUT2D eigenvalue weighted by Gasteiger charge is 2.26. The summed E-state index contributed by atoms with van der Waals surface area (Å²) in [5.74, 6) is -0.161. The topological polar surface area (TPSA) is 55.8 Å². The molecule has 1 unspecified atom stereocenters. The molecule has 0 aliphatic heterocycles. The molecule has 0 saturated heterocycles. The molecule has 144 valence electrons. The lowest BCUT2D eigenvalue weighted by molar-refractivity contribution is -0.159. The fourth-order valence-corrected chi connectivity index (χ4v) is 2.86. The van der Waals surface area contributed by atoms with Gasteiger partial charge in [-0.2, -0.15) is 0 Å². The molecule has 0 radical (unpaired) electrons. The number of esters is 1. The summed E-state index contributed by atoms with van der Waals surface area (Å²) < 4.78 is 10.7. The van der Waals surface area contributed by atoms with Crippen molar-refractivity contribution >= 4 is 5.97 Å². The smallest absolute Gasteiger partial charge is 0.306 e. The zero-order chi connectivity index (χ0) is 18.3. The van der Waals surface area contributed by atoms with Crippen LogP contribution in [0.4, 0.5) is 0 Å². The van der Waals surface area contributed by atoms with E-state index in [0.29, 0.717) is 19.4 Å². The number of ether oxygens (including phenoxy) is 2. The molecule has 0 amide bonds. The van der Waals surface area contributed by atoms with Crippen molar-refractivity contribution in [3.63, 3.8) is 0 Å². The molecule has 0 bridgehead atoms. The number of hydrogen-bond donors (Lipinski definition) is 1. The maximum atomic E-state index is 11.9. The highest BCUT2D eigenvalue weighted by molar-refractivity contribution is 5.69. The predicted molar refractivity (Wildman–Crippen MR) is 99.1 cm³/mol. The molecule has 1 N–H and O–H groups in total. The van der Waals surface area contributed by atoms with Crippen molar-refractivity contribution in [2.45, 2.75) is 110 Å². The molecule has 0 saturated carbocycles. The molecule has 0 aliphatic rings. The lowest BCUT2D eigenvalue weighted by Crippen LogP contribution is -2.34. The summed E-state index contributed by atoms with van der Waals surface area (Å²) in [7, 11) is 0. The summed E-state index contributed by atoms with van der Waals surface area (Å²) >= 11 is 0. The van der Waals surface area contributed by atoms with Crippen molar-refractivity contribution < 1.29 is 19.4 Å². The van der Waals surface area contributed by atoms with E-state index < -0.39 is 11.7 Å². The van der Waals surface area contributed by atoms with Gasteiger partial charge in [-0.05, 0) is 27.2 Å². The Morgan fingerprint density at radius 2 is 1.50 bits per heavy atom. The first-order chi connectivity index (χ1) is 11.4. The van der Waals surface area contributed by atoms with E-state index in [0.717, 1.165) is 12.8 Å². The molecule has 0 aromatic carbocycles. The molecular weight excluding hydrogens is 304 g/mol. The van der Waals surface area contributed by atoms with E-state index in [1.54, 1.807) is 0 Å². The van der Waals surface area contributed by atoms with Gasteiger partial charge >= 0.3 is 5.97 Å². The van der Waals surface area contributed by atoms with E-state index in [2.05, 4.69) is 6.92 Å². The molecule has 0 fully saturated rings. The second-order valence-electron chi connectivity index (χ2n) is 7.33. The Balaban J connectivity index is 3.66. The second-order valence-corrected chi connectivity index (χ2v) is 7.33. The average Bonchev–Trinajstić information content (AvgIpc) is 2.50. The van der Waals surface area contributed by atoms with Crippen LogP contribution in [-0.4, -0.2) is 36.0 Å². The lowest BCUT2D eigenvalue weighted by atomic mass is 10.0. The van der Waals surface area contributed by atoms with Gasteiger partial charge in [0.15, 0.2) is 0 Å². The minimum absolute atomic E-state index is 0.161. The van der Waals surface area contributed by atoms with Crippen LogP contribution in [0.1, 0.15) is 98.3 Å². The summed E-state index contributed by atoms with van der Waals surface area (Å²) in [5, 5.41) is 9.86. The summed E-state index contributed by atoms with van der Waals surface area (Å²) in [5.41, 5.74) is -0.646. The van der Waals surface area contributed by atoms with Crippen LogP contribution < -0.4 is 0 Å². The Morgan fingerprint density at radius 1 is 0.958 bits per heavy atom. The molecule has 0 aliphatic carbocycles. The van der Waals surface area contributed by atoms with Crippen molar-refractivity contribution in [2.75, 3.05) is 13.2 Å². The largest absolute Gasteiger partial charge is 0.460 e. The Morgan fingerprint density at radius 3 is 2.04 bits per heavy atom. The predicted octanol–water partition coefficient (Wildman–Crippen LogP) is 5.02. The van der Waals surface area contributed by atoms with Crippen LogP contribution >= 0.6 is 0 Å². The van der Waals surface area contributed by atoms with Crippen LogP contribution in [0.5, 0.6) is 0 Å². The summed E-state index contributed by atoms with van der Waals surface area (Å²) in [6.07, 6.45) is 11.4. The van der Waals surface area contributed by atoms with Crippen LogP contribution in [0.3, 0.4) is 0 Å². The minimum atomic E-state index is -0.646. The van der Waals surface area contributed by atoms with Crippen LogP contribution in [0.15, 0.2) is 0 Å². The van der Waals surface area contributed by atoms with Gasteiger partial charge in [0.2, 0.25) is 0 Å². The molecule has 0 rings (SSSR count). The first-order valence-electron chi connectivity index (χ1n) is 9.89. The molecule has 4 nitrogen and oxygen atoms in total. The highest BCUT2D eigenvalue weighted by atomic mass is 16.6. The molecule has 1 atom stereocenters. The number of carbonyl (C=O) groups is 1. The molecule has 0 spiro atoms. The molecule has 24 heavy (non-hydrogen) atoms. The molecule has 0 aromatic heterocycles. The van der Waals surface area contributed by atoms with E-state index in [4.69, 9.17) is 9.47 Å². The zero-order valence-corrected chi connectivity index (χ0v) is 16.4. The highest BCUT2D eigenvalue weighted by Crippen LogP contribution is 2.19. The number of hydrogen-bond acceptors (Lipinski definition) is 4. The number of rotatable bonds is 16. The van der Waals surface area contributed by atoms with Crippen molar-refractivity contribution in [1.29, 1.82) is 0 Å². The maximum Gasteiger partial charge on any atom is 0.306 e. The standard InChI is InChI=1S/C20H40O4/c1-5-7-8-9-10-11-12-13-14-15-19(22)24-20(3,4)16-18(21)17-23-6-2/h18,21H,5-17H2,1-4H3. The van der Waals surface area contributed by atoms with Crippen LogP contribution in [0.2, 0.25) is 0 Å². The van der Waals surface area contributed by atoms with Gasteiger partial charge in [0.1, 0.15) is 5.60 Å². The van der Waals surface area contributed by atoms with Gasteiger partial charge in [-0.1, -0.05) is 58.3 Å². The van der Waals surface area contributed by atoms with E-state index in [-0.39, 0.29) is 12.6 Å². The Hall–Kier alpha value is -0.610. The second kappa shape index (κ2) is 14.7. The van der Waals surface area contributed by atoms with Gasteiger partial charge in [0.05, 0.1) is 12.7 Å². The lowest BCUT2D eigenvalue weighted by Gasteiger charge is -2.27. The van der Waals surface area contributed by atoms with Gasteiger partial charge in [-0.25, -0.2) is 0 Å². The van der Waals surface area contributed by atoms with E-state index in [1.807, 2.05) is 20.8 Å². The van der Waals surface area contributed by atoms with Gasteiger partial charge < -0.3 is 14.6 Å². The van der Waals surface area contributed by atoms with Crippen molar-refractivity contribution in [1.82, 2.24) is 0 Å². The number of unbranched alkanes of at least 4 members (excludes halogenated alkanes) is 8. The third-order valence-electron chi connectivity index (χ3n) is 4.12. The molecular formula is C20H40O4. The fourth-order valence-electron chi connectivity index (χ4n) is 2.86. The van der Waals surface area contributed by atoms with E-state index in [1.165, 1.54) is 44.9 Å². The van der Waals surface area contributed by atoms with Crippen LogP contribution in [0, 0.1) is 0 Å². The van der Waals surface area contributed by atoms with E-state index in [9.17, 15) is 9.90 Å². The normalized spacial score (nSPS) is 13.0. The number of aliphatic hydroxyl groups is 1.